The number of nitrogens with zero attached hydrogens (tertiary/aromatic N) is 1. The predicted molar refractivity (Wildman–Crippen MR) is 95.7 cm³/mol. The van der Waals surface area contributed by atoms with Crippen molar-refractivity contribution in [3.63, 3.8) is 0 Å². The fourth-order valence-electron chi connectivity index (χ4n) is 2.71. The van der Waals surface area contributed by atoms with Crippen LogP contribution in [-0.2, 0) is 20.7 Å². The molecule has 0 bridgehead atoms. The molecule has 0 aliphatic rings. The normalized spacial score (nSPS) is 11.4. The first kappa shape index (κ1) is 18.4. The van der Waals surface area contributed by atoms with Gasteiger partial charge in [-0.2, -0.15) is 5.26 Å². The number of rotatable bonds is 7. The van der Waals surface area contributed by atoms with Crippen molar-refractivity contribution in [2.75, 3.05) is 6.61 Å². The minimum absolute atomic E-state index is 0.114. The summed E-state index contributed by atoms with van der Waals surface area (Å²) in [7, 11) is 0. The summed E-state index contributed by atoms with van der Waals surface area (Å²) in [6.07, 6.45) is 0.628. The Labute approximate surface area is 148 Å². The van der Waals surface area contributed by atoms with E-state index in [2.05, 4.69) is 6.07 Å². The Morgan fingerprint density at radius 3 is 2.36 bits per heavy atom. The number of benzene rings is 2. The number of hydrogen-bond acceptors (Lipinski definition) is 4. The summed E-state index contributed by atoms with van der Waals surface area (Å²) in [6.45, 7) is 3.74. The lowest BCUT2D eigenvalue weighted by Gasteiger charge is -2.14. The Morgan fingerprint density at radius 1 is 1.08 bits per heavy atom. The van der Waals surface area contributed by atoms with E-state index in [-0.39, 0.29) is 12.4 Å². The lowest BCUT2D eigenvalue weighted by atomic mass is 9.92. The molecule has 1 unspecified atom stereocenters. The largest absolute Gasteiger partial charge is 0.465 e. The summed E-state index contributed by atoms with van der Waals surface area (Å²) >= 11 is 0. The van der Waals surface area contributed by atoms with Crippen LogP contribution in [0.1, 0.15) is 31.4 Å². The lowest BCUT2D eigenvalue weighted by Crippen LogP contribution is -2.27. The predicted octanol–water partition coefficient (Wildman–Crippen LogP) is 3.93. The van der Waals surface area contributed by atoms with Gasteiger partial charge in [0.25, 0.3) is 0 Å². The molecule has 2 aromatic carbocycles. The number of hydrogen-bond donors (Lipinski definition) is 0. The van der Waals surface area contributed by atoms with E-state index in [9.17, 15) is 14.9 Å². The number of carbonyl (C=O) groups excluding carboxylic acids is 2. The van der Waals surface area contributed by atoms with Crippen LogP contribution in [0.4, 0.5) is 0 Å². The maximum Gasteiger partial charge on any atom is 0.316 e. The number of nitriles is 1. The van der Waals surface area contributed by atoms with Crippen molar-refractivity contribution in [1.82, 2.24) is 0 Å². The van der Waals surface area contributed by atoms with Crippen LogP contribution < -0.4 is 0 Å². The third-order valence-electron chi connectivity index (χ3n) is 4.06. The van der Waals surface area contributed by atoms with Gasteiger partial charge in [-0.3, -0.25) is 9.59 Å². The van der Waals surface area contributed by atoms with Gasteiger partial charge < -0.3 is 4.74 Å². The summed E-state index contributed by atoms with van der Waals surface area (Å²) in [5.74, 6) is -1.34. The maximum atomic E-state index is 12.1. The molecule has 4 nitrogen and oxygen atoms in total. The van der Waals surface area contributed by atoms with Gasteiger partial charge in [0, 0.05) is 6.42 Å². The average Bonchev–Trinajstić information content (AvgIpc) is 2.66. The second-order valence-electron chi connectivity index (χ2n) is 5.68. The molecule has 4 heteroatoms. The lowest BCUT2D eigenvalue weighted by molar-refractivity contribution is -0.151. The highest BCUT2D eigenvalue weighted by Crippen LogP contribution is 2.24. The molecule has 25 heavy (non-hydrogen) atoms. The van der Waals surface area contributed by atoms with Crippen LogP contribution in [0.5, 0.6) is 0 Å². The Morgan fingerprint density at radius 2 is 1.76 bits per heavy atom. The highest BCUT2D eigenvalue weighted by Gasteiger charge is 2.26. The molecular weight excluding hydrogens is 314 g/mol. The van der Waals surface area contributed by atoms with Gasteiger partial charge in [-0.05, 0) is 36.1 Å². The van der Waals surface area contributed by atoms with E-state index in [4.69, 9.17) is 4.74 Å². The van der Waals surface area contributed by atoms with E-state index in [1.54, 1.807) is 19.9 Å². The molecule has 1 atom stereocenters. The van der Waals surface area contributed by atoms with Crippen molar-refractivity contribution in [2.45, 2.75) is 26.7 Å². The summed E-state index contributed by atoms with van der Waals surface area (Å²) in [5.41, 5.74) is 3.29. The molecule has 0 radical (unpaired) electrons. The van der Waals surface area contributed by atoms with Crippen molar-refractivity contribution < 1.29 is 14.3 Å². The SMILES string of the molecule is CCOC(=O)C(Cc1ccc(-c2ccccc2C#N)cc1)C(=O)CC. The van der Waals surface area contributed by atoms with Crippen molar-refractivity contribution >= 4 is 11.8 Å². The van der Waals surface area contributed by atoms with Gasteiger partial charge in [-0.25, -0.2) is 0 Å². The topological polar surface area (TPSA) is 67.2 Å². The first-order valence-corrected chi connectivity index (χ1v) is 8.38. The molecule has 0 heterocycles. The smallest absolute Gasteiger partial charge is 0.316 e. The molecule has 0 spiro atoms. The Balaban J connectivity index is 2.22. The van der Waals surface area contributed by atoms with Gasteiger partial charge >= 0.3 is 5.97 Å². The number of ether oxygens (including phenoxy) is 1. The van der Waals surface area contributed by atoms with Crippen LogP contribution in [0.25, 0.3) is 11.1 Å². The standard InChI is InChI=1S/C21H21NO3/c1-3-20(23)19(21(24)25-4-2)13-15-9-11-16(12-10-15)18-8-6-5-7-17(18)14-22/h5-12,19H,3-4,13H2,1-2H3. The number of carbonyl (C=O) groups is 2. The highest BCUT2D eigenvalue weighted by atomic mass is 16.5. The second-order valence-corrected chi connectivity index (χ2v) is 5.68. The van der Waals surface area contributed by atoms with E-state index < -0.39 is 11.9 Å². The van der Waals surface area contributed by atoms with Crippen LogP contribution in [0.15, 0.2) is 48.5 Å². The summed E-state index contributed by atoms with van der Waals surface area (Å²) in [6, 6.07) is 17.2. The summed E-state index contributed by atoms with van der Waals surface area (Å²) < 4.78 is 5.03. The molecule has 0 aliphatic carbocycles. The molecule has 0 fully saturated rings. The zero-order valence-corrected chi connectivity index (χ0v) is 14.5. The third-order valence-corrected chi connectivity index (χ3v) is 4.06. The van der Waals surface area contributed by atoms with Crippen LogP contribution in [-0.4, -0.2) is 18.4 Å². The fraction of sp³-hybridized carbons (Fsp3) is 0.286. The van der Waals surface area contributed by atoms with Crippen LogP contribution >= 0.6 is 0 Å². The Hall–Kier alpha value is -2.93. The second kappa shape index (κ2) is 8.79. The van der Waals surface area contributed by atoms with E-state index in [1.165, 1.54) is 0 Å². The van der Waals surface area contributed by atoms with Crippen molar-refractivity contribution in [1.29, 1.82) is 5.26 Å². The fourth-order valence-corrected chi connectivity index (χ4v) is 2.71. The van der Waals surface area contributed by atoms with Gasteiger partial charge in [0.05, 0.1) is 18.2 Å². The molecule has 2 rings (SSSR count). The minimum atomic E-state index is -0.762. The zero-order valence-electron chi connectivity index (χ0n) is 14.5. The Bertz CT molecular complexity index is 788. The Kier molecular flexibility index (Phi) is 6.47. The minimum Gasteiger partial charge on any atom is -0.465 e. The van der Waals surface area contributed by atoms with Crippen molar-refractivity contribution in [3.05, 3.63) is 59.7 Å². The molecule has 0 amide bonds. The molecular formula is C21H21NO3. The summed E-state index contributed by atoms with van der Waals surface area (Å²) in [5, 5.41) is 9.21. The zero-order chi connectivity index (χ0) is 18.2. The van der Waals surface area contributed by atoms with E-state index >= 15 is 0 Å². The van der Waals surface area contributed by atoms with E-state index in [0.717, 1.165) is 16.7 Å². The summed E-state index contributed by atoms with van der Waals surface area (Å²) in [4.78, 5) is 24.1. The molecule has 2 aromatic rings. The quantitative estimate of drug-likeness (QED) is 0.568. The molecule has 0 saturated heterocycles. The number of Topliss-reactive ketones (excluding diaryl/α,β-unsaturated/α-hetero) is 1. The van der Waals surface area contributed by atoms with E-state index in [0.29, 0.717) is 18.4 Å². The molecule has 0 aromatic heterocycles. The van der Waals surface area contributed by atoms with Crippen LogP contribution in [0.2, 0.25) is 0 Å². The van der Waals surface area contributed by atoms with Gasteiger partial charge in [-0.15, -0.1) is 0 Å². The molecule has 0 N–H and O–H groups in total. The third kappa shape index (κ3) is 4.54. The molecule has 0 saturated carbocycles. The van der Waals surface area contributed by atoms with Crippen LogP contribution in [0, 0.1) is 17.2 Å². The maximum absolute atomic E-state index is 12.1. The van der Waals surface area contributed by atoms with Crippen molar-refractivity contribution in [2.24, 2.45) is 5.92 Å². The first-order chi connectivity index (χ1) is 12.1. The highest BCUT2D eigenvalue weighted by molar-refractivity contribution is 5.99. The van der Waals surface area contributed by atoms with E-state index in [1.807, 2.05) is 42.5 Å². The van der Waals surface area contributed by atoms with Gasteiger partial charge in [0.2, 0.25) is 0 Å². The molecule has 128 valence electrons. The van der Waals surface area contributed by atoms with Gasteiger partial charge in [0.15, 0.2) is 0 Å². The monoisotopic (exact) mass is 335 g/mol. The van der Waals surface area contributed by atoms with Gasteiger partial charge in [-0.1, -0.05) is 49.4 Å². The molecule has 0 aliphatic heterocycles. The average molecular weight is 335 g/mol. The van der Waals surface area contributed by atoms with Gasteiger partial charge in [0.1, 0.15) is 11.7 Å². The number of ketones is 1. The van der Waals surface area contributed by atoms with Crippen molar-refractivity contribution in [3.8, 4) is 17.2 Å². The number of esters is 1. The van der Waals surface area contributed by atoms with Crippen LogP contribution in [0.3, 0.4) is 0 Å². The first-order valence-electron chi connectivity index (χ1n) is 8.38.